The highest BCUT2D eigenvalue weighted by Crippen LogP contribution is 2.11. The first kappa shape index (κ1) is 14.7. The summed E-state index contributed by atoms with van der Waals surface area (Å²) in [7, 11) is 3.66. The Morgan fingerprint density at radius 2 is 2.05 bits per heavy atom. The molecule has 0 bridgehead atoms. The molecule has 0 aromatic carbocycles. The minimum Gasteiger partial charge on any atom is -0.481 e. The van der Waals surface area contributed by atoms with Gasteiger partial charge in [0.2, 0.25) is 5.95 Å². The van der Waals surface area contributed by atoms with E-state index >= 15 is 0 Å². The molecule has 19 heavy (non-hydrogen) atoms. The second-order valence-corrected chi connectivity index (χ2v) is 4.11. The summed E-state index contributed by atoms with van der Waals surface area (Å²) < 4.78 is 0. The van der Waals surface area contributed by atoms with Crippen molar-refractivity contribution in [3.63, 3.8) is 0 Å². The molecule has 104 valence electrons. The number of rotatable bonds is 5. The molecule has 8 heteroatoms. The van der Waals surface area contributed by atoms with Crippen molar-refractivity contribution in [2.75, 3.05) is 30.9 Å². The molecular formula is C11H17N5O3. The van der Waals surface area contributed by atoms with Gasteiger partial charge in [-0.25, -0.2) is 9.78 Å². The van der Waals surface area contributed by atoms with E-state index in [1.54, 1.807) is 17.9 Å². The topological polar surface area (TPSA) is 107 Å². The second-order valence-electron chi connectivity index (χ2n) is 4.11. The van der Waals surface area contributed by atoms with Crippen molar-refractivity contribution >= 4 is 23.8 Å². The van der Waals surface area contributed by atoms with Crippen LogP contribution < -0.4 is 15.5 Å². The third-order valence-electron chi connectivity index (χ3n) is 2.15. The number of carbonyl (C=O) groups excluding carboxylic acids is 1. The first-order valence-corrected chi connectivity index (χ1v) is 5.68. The lowest BCUT2D eigenvalue weighted by molar-refractivity contribution is -0.136. The summed E-state index contributed by atoms with van der Waals surface area (Å²) >= 11 is 0. The molecule has 0 saturated heterocycles. The molecule has 0 radical (unpaired) electrons. The number of aliphatic carboxylic acids is 1. The predicted molar refractivity (Wildman–Crippen MR) is 70.4 cm³/mol. The Hall–Kier alpha value is -2.38. The van der Waals surface area contributed by atoms with Gasteiger partial charge in [0, 0.05) is 32.4 Å². The molecule has 0 aliphatic carbocycles. The average Bonchev–Trinajstić information content (AvgIpc) is 2.27. The van der Waals surface area contributed by atoms with Crippen molar-refractivity contribution in [1.82, 2.24) is 15.3 Å². The van der Waals surface area contributed by atoms with Crippen molar-refractivity contribution in [2.24, 2.45) is 0 Å². The standard InChI is InChI=1S/C11H17N5O3/c1-7-6-8(16(2)3)14-10(13-7)15-11(19)12-5-4-9(17)18/h6H,4-5H2,1-3H3,(H,17,18)(H2,12,13,14,15,19). The first-order valence-electron chi connectivity index (χ1n) is 5.68. The van der Waals surface area contributed by atoms with Gasteiger partial charge >= 0.3 is 12.0 Å². The van der Waals surface area contributed by atoms with Crippen LogP contribution in [0.15, 0.2) is 6.07 Å². The van der Waals surface area contributed by atoms with Crippen molar-refractivity contribution < 1.29 is 14.7 Å². The summed E-state index contributed by atoms with van der Waals surface area (Å²) in [6.45, 7) is 1.84. The van der Waals surface area contributed by atoms with E-state index in [9.17, 15) is 9.59 Å². The Labute approximate surface area is 110 Å². The summed E-state index contributed by atoms with van der Waals surface area (Å²) in [4.78, 5) is 31.8. The van der Waals surface area contributed by atoms with Crippen molar-refractivity contribution in [1.29, 1.82) is 0 Å². The normalized spacial score (nSPS) is 9.84. The zero-order chi connectivity index (χ0) is 14.4. The quantitative estimate of drug-likeness (QED) is 0.714. The van der Waals surface area contributed by atoms with Crippen LogP contribution in [0.2, 0.25) is 0 Å². The van der Waals surface area contributed by atoms with Crippen LogP contribution in [0.5, 0.6) is 0 Å². The van der Waals surface area contributed by atoms with Crippen LogP contribution in [0.4, 0.5) is 16.6 Å². The predicted octanol–water partition coefficient (Wildman–Crippen LogP) is 0.447. The lowest BCUT2D eigenvalue weighted by Gasteiger charge is -2.13. The summed E-state index contributed by atoms with van der Waals surface area (Å²) in [5.41, 5.74) is 0.722. The summed E-state index contributed by atoms with van der Waals surface area (Å²) in [6, 6.07) is 1.25. The van der Waals surface area contributed by atoms with Crippen molar-refractivity contribution in [3.8, 4) is 0 Å². The first-order chi connectivity index (χ1) is 8.88. The highest BCUT2D eigenvalue weighted by atomic mass is 16.4. The number of nitrogens with one attached hydrogen (secondary N) is 2. The maximum absolute atomic E-state index is 11.5. The molecule has 0 atom stereocenters. The van der Waals surface area contributed by atoms with E-state index in [1.807, 2.05) is 14.1 Å². The van der Waals surface area contributed by atoms with Gasteiger partial charge in [-0.3, -0.25) is 10.1 Å². The van der Waals surface area contributed by atoms with Crippen molar-refractivity contribution in [3.05, 3.63) is 11.8 Å². The van der Waals surface area contributed by atoms with Gasteiger partial charge in [0.15, 0.2) is 0 Å². The number of aryl methyl sites for hydroxylation is 1. The van der Waals surface area contributed by atoms with Gasteiger partial charge < -0.3 is 15.3 Å². The van der Waals surface area contributed by atoms with Crippen LogP contribution in [0, 0.1) is 6.92 Å². The molecule has 0 aliphatic heterocycles. The van der Waals surface area contributed by atoms with E-state index in [-0.39, 0.29) is 18.9 Å². The number of anilines is 2. The van der Waals surface area contributed by atoms with Crippen LogP contribution in [0.3, 0.4) is 0 Å². The van der Waals surface area contributed by atoms with Crippen LogP contribution >= 0.6 is 0 Å². The van der Waals surface area contributed by atoms with E-state index in [2.05, 4.69) is 20.6 Å². The minimum atomic E-state index is -0.970. The molecule has 0 spiro atoms. The Bertz CT molecular complexity index is 475. The van der Waals surface area contributed by atoms with Crippen LogP contribution in [-0.2, 0) is 4.79 Å². The van der Waals surface area contributed by atoms with E-state index in [0.29, 0.717) is 5.82 Å². The fraction of sp³-hybridized carbons (Fsp3) is 0.455. The Balaban J connectivity index is 2.61. The molecule has 1 rings (SSSR count). The smallest absolute Gasteiger partial charge is 0.321 e. The number of aromatic nitrogens is 2. The molecular weight excluding hydrogens is 250 g/mol. The van der Waals surface area contributed by atoms with E-state index < -0.39 is 12.0 Å². The zero-order valence-corrected chi connectivity index (χ0v) is 11.1. The lowest BCUT2D eigenvalue weighted by atomic mass is 10.4. The highest BCUT2D eigenvalue weighted by molar-refractivity contribution is 5.87. The molecule has 0 fully saturated rings. The van der Waals surface area contributed by atoms with Gasteiger partial charge in [0.25, 0.3) is 0 Å². The molecule has 0 unspecified atom stereocenters. The molecule has 8 nitrogen and oxygen atoms in total. The molecule has 0 saturated carbocycles. The van der Waals surface area contributed by atoms with Gasteiger partial charge in [0.1, 0.15) is 5.82 Å². The molecule has 2 amide bonds. The number of carboxylic acid groups (broad SMARTS) is 1. The van der Waals surface area contributed by atoms with Gasteiger partial charge in [-0.05, 0) is 6.92 Å². The average molecular weight is 267 g/mol. The van der Waals surface area contributed by atoms with Gasteiger partial charge in [-0.1, -0.05) is 0 Å². The van der Waals surface area contributed by atoms with E-state index in [4.69, 9.17) is 5.11 Å². The zero-order valence-electron chi connectivity index (χ0n) is 11.1. The number of urea groups is 1. The summed E-state index contributed by atoms with van der Waals surface area (Å²) in [5.74, 6) is -0.119. The number of hydrogen-bond donors (Lipinski definition) is 3. The van der Waals surface area contributed by atoms with Crippen LogP contribution in [-0.4, -0.2) is 47.7 Å². The maximum atomic E-state index is 11.5. The monoisotopic (exact) mass is 267 g/mol. The summed E-state index contributed by atoms with van der Waals surface area (Å²) in [6.07, 6.45) is -0.134. The molecule has 1 aromatic heterocycles. The number of nitrogens with zero attached hydrogens (tertiary/aromatic N) is 3. The molecule has 1 heterocycles. The fourth-order valence-electron chi connectivity index (χ4n) is 1.27. The maximum Gasteiger partial charge on any atom is 0.321 e. The van der Waals surface area contributed by atoms with Gasteiger partial charge in [-0.15, -0.1) is 0 Å². The van der Waals surface area contributed by atoms with E-state index in [0.717, 1.165) is 5.69 Å². The Kier molecular flexibility index (Phi) is 5.04. The third-order valence-corrected chi connectivity index (χ3v) is 2.15. The molecule has 3 N–H and O–H groups in total. The van der Waals surface area contributed by atoms with Gasteiger partial charge in [-0.2, -0.15) is 4.98 Å². The van der Waals surface area contributed by atoms with Crippen LogP contribution in [0.1, 0.15) is 12.1 Å². The van der Waals surface area contributed by atoms with E-state index in [1.165, 1.54) is 0 Å². The fourth-order valence-corrected chi connectivity index (χ4v) is 1.27. The number of amides is 2. The van der Waals surface area contributed by atoms with Crippen LogP contribution in [0.25, 0.3) is 0 Å². The Morgan fingerprint density at radius 3 is 2.63 bits per heavy atom. The Morgan fingerprint density at radius 1 is 1.37 bits per heavy atom. The van der Waals surface area contributed by atoms with Crippen molar-refractivity contribution in [2.45, 2.75) is 13.3 Å². The third kappa shape index (κ3) is 5.19. The number of carbonyl (C=O) groups is 2. The van der Waals surface area contributed by atoms with Gasteiger partial charge in [0.05, 0.1) is 6.42 Å². The second kappa shape index (κ2) is 6.53. The molecule has 0 aliphatic rings. The number of hydrogen-bond acceptors (Lipinski definition) is 5. The number of carboxylic acids is 1. The lowest BCUT2D eigenvalue weighted by Crippen LogP contribution is -2.31. The highest BCUT2D eigenvalue weighted by Gasteiger charge is 2.08. The largest absolute Gasteiger partial charge is 0.481 e. The SMILES string of the molecule is Cc1cc(N(C)C)nc(NC(=O)NCCC(=O)O)n1. The minimum absolute atomic E-state index is 0.0491. The molecule has 1 aromatic rings. The summed E-state index contributed by atoms with van der Waals surface area (Å²) in [5, 5.41) is 13.3.